The molecule has 53 heavy (non-hydrogen) atoms. The largest absolute Gasteiger partial charge is 0.559 e. The number of sulfonamides is 1. The van der Waals surface area contributed by atoms with Gasteiger partial charge in [0.1, 0.15) is 10.9 Å². The second kappa shape index (κ2) is 16.8. The minimum Gasteiger partial charge on any atom is -0.217 e. The molecule has 0 saturated heterocycles. The minimum absolute atomic E-state index is 0.0418. The standard InChI is InChI=1S/C22H16Cl2N3O2S.C18H13Cl2N2O/c23-18-8-6-17(7-9-18)22-21(16-4-2-1-3-5-16)14-27(26-22)15-25-30(28,29)20-12-10-19(24)11-13-20;1-2-17-16(11-23)21-18(14-5-3-4-6-15(14)20)22(17)13-9-7-12(19)8-10-13/h1-13,21H,14H2;3-10H,2H2,1H3/q2*+1. The van der Waals surface area contributed by atoms with E-state index in [1.165, 1.54) is 29.3 Å². The van der Waals surface area contributed by atoms with Gasteiger partial charge in [-0.25, -0.2) is 4.57 Å². The Morgan fingerprint density at radius 1 is 0.774 bits per heavy atom. The van der Waals surface area contributed by atoms with Crippen molar-refractivity contribution in [1.82, 2.24) is 14.6 Å². The van der Waals surface area contributed by atoms with Gasteiger partial charge < -0.3 is 0 Å². The second-order valence-electron chi connectivity index (χ2n) is 11.6. The van der Waals surface area contributed by atoms with E-state index in [2.05, 4.69) is 20.8 Å². The summed E-state index contributed by atoms with van der Waals surface area (Å²) in [6.07, 6.45) is 5.14. The quantitative estimate of drug-likeness (QED) is 0.0824. The van der Waals surface area contributed by atoms with Crippen LogP contribution in [0.15, 0.2) is 142 Å². The summed E-state index contributed by atoms with van der Waals surface area (Å²) in [7, 11) is -3.91. The van der Waals surface area contributed by atoms with Gasteiger partial charge in [-0.15, -0.1) is 5.10 Å². The van der Waals surface area contributed by atoms with Gasteiger partial charge in [0, 0.05) is 20.6 Å². The van der Waals surface area contributed by atoms with Crippen LogP contribution in [0.4, 0.5) is 0 Å². The summed E-state index contributed by atoms with van der Waals surface area (Å²) in [6, 6.07) is 37.9. The third-order valence-corrected chi connectivity index (χ3v) is 10.5. The van der Waals surface area contributed by atoms with Gasteiger partial charge in [0.25, 0.3) is 0 Å². The van der Waals surface area contributed by atoms with Crippen LogP contribution in [0.3, 0.4) is 0 Å². The summed E-state index contributed by atoms with van der Waals surface area (Å²) >= 11 is 24.1. The van der Waals surface area contributed by atoms with E-state index in [1.54, 1.807) is 30.3 Å². The maximum Gasteiger partial charge on any atom is 0.559 e. The molecule has 0 fully saturated rings. The molecule has 0 radical (unpaired) electrons. The Morgan fingerprint density at radius 2 is 1.36 bits per heavy atom. The van der Waals surface area contributed by atoms with Crippen molar-refractivity contribution in [3.05, 3.63) is 170 Å². The predicted octanol–water partition coefficient (Wildman–Crippen LogP) is 9.96. The highest BCUT2D eigenvalue weighted by molar-refractivity contribution is 7.90. The number of hydrogen-bond donors (Lipinski definition) is 0. The van der Waals surface area contributed by atoms with E-state index in [1.807, 2.05) is 90.6 Å². The van der Waals surface area contributed by atoms with E-state index in [9.17, 15) is 13.2 Å². The molecule has 1 unspecified atom stereocenters. The normalized spacial score (nSPS) is 13.9. The number of rotatable bonds is 9. The van der Waals surface area contributed by atoms with Crippen LogP contribution in [0.25, 0.3) is 17.1 Å². The van der Waals surface area contributed by atoms with Crippen molar-refractivity contribution in [2.75, 3.05) is 6.54 Å². The van der Waals surface area contributed by atoms with E-state index >= 15 is 0 Å². The van der Waals surface area contributed by atoms with Gasteiger partial charge >= 0.3 is 28.3 Å². The fourth-order valence-electron chi connectivity index (χ4n) is 5.70. The lowest BCUT2D eigenvalue weighted by Gasteiger charge is -2.11. The first-order valence-electron chi connectivity index (χ1n) is 16.2. The first-order chi connectivity index (χ1) is 25.6. The molecule has 2 heterocycles. The molecule has 0 saturated carbocycles. The molecule has 13 heteroatoms. The fraction of sp³-hybridized carbons (Fsp3) is 0.100. The lowest BCUT2D eigenvalue weighted by atomic mass is 9.91. The van der Waals surface area contributed by atoms with Crippen molar-refractivity contribution >= 4 is 74.8 Å². The SMILES string of the molecule is CCc1c([C+]=O)nc(-c2ccccc2Cl)n1-c1ccc(Cl)cc1.O=S(=O)(N=[C+]N1CC(c2ccccc2)C(c2ccc(Cl)cc2)=N1)c1ccc(Cl)cc1. The summed E-state index contributed by atoms with van der Waals surface area (Å²) in [5.74, 6) is 0.557. The summed E-state index contributed by atoms with van der Waals surface area (Å²) in [5, 5.41) is 8.30. The molecule has 0 aliphatic carbocycles. The molecule has 0 spiro atoms. The maximum absolute atomic E-state index is 12.5. The molecule has 0 amide bonds. The summed E-state index contributed by atoms with van der Waals surface area (Å²) in [5.41, 5.74) is 5.49. The van der Waals surface area contributed by atoms with Crippen LogP contribution in [0.2, 0.25) is 20.1 Å². The summed E-state index contributed by atoms with van der Waals surface area (Å²) < 4.78 is 30.6. The summed E-state index contributed by atoms with van der Waals surface area (Å²) in [6.45, 7) is 2.39. The molecule has 7 rings (SSSR count). The van der Waals surface area contributed by atoms with Crippen LogP contribution in [-0.2, 0) is 21.2 Å². The first kappa shape index (κ1) is 37.8. The number of hydrazone groups is 1. The van der Waals surface area contributed by atoms with Crippen molar-refractivity contribution in [2.45, 2.75) is 24.2 Å². The number of benzene rings is 5. The highest BCUT2D eigenvalue weighted by Gasteiger charge is 2.36. The van der Waals surface area contributed by atoms with Gasteiger partial charge in [0.2, 0.25) is 0 Å². The zero-order valence-corrected chi connectivity index (χ0v) is 31.8. The molecule has 5 aromatic carbocycles. The first-order valence-corrected chi connectivity index (χ1v) is 19.2. The lowest BCUT2D eigenvalue weighted by molar-refractivity contribution is 0.489. The number of imidazole rings is 1. The van der Waals surface area contributed by atoms with Crippen LogP contribution in [-0.4, -0.2) is 47.9 Å². The Bertz CT molecular complexity index is 2380. The van der Waals surface area contributed by atoms with E-state index in [4.69, 9.17) is 46.4 Å². The minimum atomic E-state index is -3.91. The Morgan fingerprint density at radius 3 is 1.96 bits per heavy atom. The van der Waals surface area contributed by atoms with Crippen LogP contribution < -0.4 is 0 Å². The van der Waals surface area contributed by atoms with E-state index in [-0.39, 0.29) is 10.8 Å². The predicted molar refractivity (Wildman–Crippen MR) is 213 cm³/mol. The lowest BCUT2D eigenvalue weighted by Crippen LogP contribution is -2.18. The molecule has 0 N–H and O–H groups in total. The van der Waals surface area contributed by atoms with Crippen molar-refractivity contribution in [3.8, 4) is 17.1 Å². The van der Waals surface area contributed by atoms with E-state index in [0.717, 1.165) is 33.8 Å². The average molecular weight is 802 g/mol. The van der Waals surface area contributed by atoms with Crippen molar-refractivity contribution in [3.63, 3.8) is 0 Å². The smallest absolute Gasteiger partial charge is 0.217 e. The molecular formula is C40H29Cl4N5O3S+2. The highest BCUT2D eigenvalue weighted by Crippen LogP contribution is 2.32. The van der Waals surface area contributed by atoms with Gasteiger partial charge in [-0.3, -0.25) is 0 Å². The highest BCUT2D eigenvalue weighted by atomic mass is 35.5. The van der Waals surface area contributed by atoms with Crippen molar-refractivity contribution in [1.29, 1.82) is 0 Å². The maximum atomic E-state index is 12.5. The zero-order chi connectivity index (χ0) is 37.5. The van der Waals surface area contributed by atoms with E-state index < -0.39 is 10.0 Å². The van der Waals surface area contributed by atoms with Gasteiger partial charge in [-0.1, -0.05) is 106 Å². The third-order valence-electron chi connectivity index (χ3n) is 8.25. The van der Waals surface area contributed by atoms with Crippen molar-refractivity contribution in [2.24, 2.45) is 9.50 Å². The molecule has 6 aromatic rings. The monoisotopic (exact) mass is 799 g/mol. The third kappa shape index (κ3) is 8.82. The zero-order valence-electron chi connectivity index (χ0n) is 28.0. The van der Waals surface area contributed by atoms with Crippen LogP contribution in [0, 0.1) is 0 Å². The van der Waals surface area contributed by atoms with Gasteiger partial charge in [0.05, 0.1) is 33.7 Å². The molecule has 1 aromatic heterocycles. The number of aromatic nitrogens is 2. The fourth-order valence-corrected chi connectivity index (χ4v) is 7.09. The molecular weight excluding hydrogens is 772 g/mol. The van der Waals surface area contributed by atoms with E-state index in [0.29, 0.717) is 44.6 Å². The summed E-state index contributed by atoms with van der Waals surface area (Å²) in [4.78, 5) is 15.8. The topological polar surface area (TPSA) is 97.0 Å². The average Bonchev–Trinajstić information content (AvgIpc) is 3.78. The van der Waals surface area contributed by atoms with Crippen LogP contribution in [0.1, 0.15) is 35.4 Å². The second-order valence-corrected chi connectivity index (χ2v) is 15.0. The molecule has 0 bridgehead atoms. The Kier molecular flexibility index (Phi) is 12.0. The van der Waals surface area contributed by atoms with Crippen LogP contribution in [0.5, 0.6) is 0 Å². The van der Waals surface area contributed by atoms with Gasteiger partial charge in [-0.2, -0.15) is 13.4 Å². The van der Waals surface area contributed by atoms with Gasteiger partial charge in [-0.05, 0) is 95.9 Å². The molecule has 1 atom stereocenters. The Balaban J connectivity index is 0.000000188. The molecule has 1 aliphatic heterocycles. The molecule has 1 aliphatic rings. The Hall–Kier alpha value is -4.95. The molecule has 8 nitrogen and oxygen atoms in total. The number of nitrogens with zero attached hydrogens (tertiary/aromatic N) is 5. The Labute approximate surface area is 328 Å². The van der Waals surface area contributed by atoms with Gasteiger partial charge in [0.15, 0.2) is 11.5 Å². The van der Waals surface area contributed by atoms with Crippen molar-refractivity contribution < 1.29 is 13.2 Å². The van der Waals surface area contributed by atoms with Crippen LogP contribution >= 0.6 is 46.4 Å². The molecule has 264 valence electrons. The number of carbonyl (C=O) groups excluding carboxylic acids is 1. The number of hydrogen-bond acceptors (Lipinski definition) is 5. The number of halogens is 4.